The van der Waals surface area contributed by atoms with Crippen LogP contribution in [0.1, 0.15) is 36.5 Å². The standard InChI is InChI=1S/C21H24N2O2S/c1-4-5-8-16-10-11-17-19(12-16)26-21(22-17)23-20(24)13-25-18-9-6-7-14(2)15(18)3/h6-7,9-12H,4-5,8,13H2,1-3H3,(H,22,23,24). The summed E-state index contributed by atoms with van der Waals surface area (Å²) in [6.07, 6.45) is 3.45. The SMILES string of the molecule is CCCCc1ccc2nc(NC(=O)COc3cccc(C)c3C)sc2c1. The summed E-state index contributed by atoms with van der Waals surface area (Å²) in [5.74, 6) is 0.543. The molecule has 0 saturated carbocycles. The largest absolute Gasteiger partial charge is 0.483 e. The van der Waals surface area contributed by atoms with E-state index in [1.165, 1.54) is 29.7 Å². The van der Waals surface area contributed by atoms with Gasteiger partial charge in [-0.3, -0.25) is 10.1 Å². The van der Waals surface area contributed by atoms with Crippen LogP contribution in [0.5, 0.6) is 5.75 Å². The van der Waals surface area contributed by atoms with Crippen LogP contribution in [0.3, 0.4) is 0 Å². The average molecular weight is 369 g/mol. The molecule has 0 unspecified atom stereocenters. The van der Waals surface area contributed by atoms with Crippen molar-refractivity contribution in [3.8, 4) is 5.75 Å². The predicted octanol–water partition coefficient (Wildman–Crippen LogP) is 5.27. The van der Waals surface area contributed by atoms with E-state index in [2.05, 4.69) is 29.4 Å². The predicted molar refractivity (Wildman–Crippen MR) is 108 cm³/mol. The molecule has 4 nitrogen and oxygen atoms in total. The Hall–Kier alpha value is -2.40. The van der Waals surface area contributed by atoms with Gasteiger partial charge in [0.2, 0.25) is 0 Å². The number of nitrogens with one attached hydrogen (secondary N) is 1. The molecule has 0 saturated heterocycles. The molecule has 136 valence electrons. The van der Waals surface area contributed by atoms with Gasteiger partial charge in [0, 0.05) is 0 Å². The number of hydrogen-bond donors (Lipinski definition) is 1. The molecule has 0 fully saturated rings. The molecule has 3 rings (SSSR count). The summed E-state index contributed by atoms with van der Waals surface area (Å²) in [6.45, 7) is 6.19. The minimum absolute atomic E-state index is 0.0258. The summed E-state index contributed by atoms with van der Waals surface area (Å²) < 4.78 is 6.76. The van der Waals surface area contributed by atoms with Crippen LogP contribution in [0.15, 0.2) is 36.4 Å². The van der Waals surface area contributed by atoms with Gasteiger partial charge in [-0.2, -0.15) is 0 Å². The van der Waals surface area contributed by atoms with Crippen LogP contribution in [0.2, 0.25) is 0 Å². The highest BCUT2D eigenvalue weighted by Crippen LogP contribution is 2.27. The van der Waals surface area contributed by atoms with Crippen LogP contribution in [0.25, 0.3) is 10.2 Å². The molecule has 0 aliphatic carbocycles. The maximum Gasteiger partial charge on any atom is 0.264 e. The lowest BCUT2D eigenvalue weighted by Gasteiger charge is -2.10. The second-order valence-corrected chi connectivity index (χ2v) is 7.49. The van der Waals surface area contributed by atoms with Gasteiger partial charge in [0.1, 0.15) is 5.75 Å². The molecule has 26 heavy (non-hydrogen) atoms. The van der Waals surface area contributed by atoms with E-state index in [1.54, 1.807) is 0 Å². The van der Waals surface area contributed by atoms with Crippen LogP contribution in [-0.2, 0) is 11.2 Å². The lowest BCUT2D eigenvalue weighted by molar-refractivity contribution is -0.118. The second-order valence-electron chi connectivity index (χ2n) is 6.46. The number of ether oxygens (including phenoxy) is 1. The summed E-state index contributed by atoms with van der Waals surface area (Å²) in [7, 11) is 0. The average Bonchev–Trinajstić information content (AvgIpc) is 3.02. The Labute approximate surface area is 158 Å². The van der Waals surface area contributed by atoms with E-state index < -0.39 is 0 Å². The first-order chi connectivity index (χ1) is 12.6. The zero-order valence-electron chi connectivity index (χ0n) is 15.5. The van der Waals surface area contributed by atoms with E-state index in [9.17, 15) is 4.79 Å². The van der Waals surface area contributed by atoms with Crippen LogP contribution < -0.4 is 10.1 Å². The number of unbranched alkanes of at least 4 members (excludes halogenated alkanes) is 1. The Morgan fingerprint density at radius 3 is 2.88 bits per heavy atom. The fourth-order valence-electron chi connectivity index (χ4n) is 2.74. The van der Waals surface area contributed by atoms with Gasteiger partial charge in [0.25, 0.3) is 5.91 Å². The fourth-order valence-corrected chi connectivity index (χ4v) is 3.68. The van der Waals surface area contributed by atoms with Crippen molar-refractivity contribution in [2.45, 2.75) is 40.0 Å². The quantitative estimate of drug-likeness (QED) is 0.618. The zero-order chi connectivity index (χ0) is 18.5. The molecular formula is C21H24N2O2S. The van der Waals surface area contributed by atoms with E-state index in [1.807, 2.05) is 38.1 Å². The number of benzene rings is 2. The minimum Gasteiger partial charge on any atom is -0.483 e. The van der Waals surface area contributed by atoms with E-state index in [0.717, 1.165) is 33.5 Å². The number of anilines is 1. The number of rotatable bonds is 7. The maximum atomic E-state index is 12.2. The van der Waals surface area contributed by atoms with Gasteiger partial charge in [-0.05, 0) is 61.6 Å². The highest BCUT2D eigenvalue weighted by Gasteiger charge is 2.10. The van der Waals surface area contributed by atoms with Gasteiger partial charge >= 0.3 is 0 Å². The van der Waals surface area contributed by atoms with Gasteiger partial charge in [-0.1, -0.05) is 42.9 Å². The third kappa shape index (κ3) is 4.41. The van der Waals surface area contributed by atoms with E-state index in [0.29, 0.717) is 5.13 Å². The fraction of sp³-hybridized carbons (Fsp3) is 0.333. The van der Waals surface area contributed by atoms with E-state index in [-0.39, 0.29) is 12.5 Å². The van der Waals surface area contributed by atoms with Gasteiger partial charge in [-0.15, -0.1) is 0 Å². The molecule has 0 aliphatic heterocycles. The summed E-state index contributed by atoms with van der Waals surface area (Å²) in [6, 6.07) is 12.2. The Morgan fingerprint density at radius 1 is 1.23 bits per heavy atom. The van der Waals surface area contributed by atoms with Gasteiger partial charge in [0.05, 0.1) is 10.2 Å². The Bertz CT molecular complexity index is 918. The highest BCUT2D eigenvalue weighted by atomic mass is 32.1. The van der Waals surface area contributed by atoms with Gasteiger partial charge < -0.3 is 4.74 Å². The number of carbonyl (C=O) groups is 1. The minimum atomic E-state index is -0.198. The number of nitrogens with zero attached hydrogens (tertiary/aromatic N) is 1. The van der Waals surface area contributed by atoms with Crippen molar-refractivity contribution in [3.05, 3.63) is 53.1 Å². The van der Waals surface area contributed by atoms with Crippen molar-refractivity contribution < 1.29 is 9.53 Å². The molecule has 0 aliphatic rings. The number of hydrogen-bond acceptors (Lipinski definition) is 4. The maximum absolute atomic E-state index is 12.2. The van der Waals surface area contributed by atoms with E-state index >= 15 is 0 Å². The first kappa shape index (κ1) is 18.4. The van der Waals surface area contributed by atoms with Crippen LogP contribution in [0.4, 0.5) is 5.13 Å². The van der Waals surface area contributed by atoms with Crippen molar-refractivity contribution in [2.75, 3.05) is 11.9 Å². The number of aryl methyl sites for hydroxylation is 2. The summed E-state index contributed by atoms with van der Waals surface area (Å²) in [5, 5.41) is 3.45. The van der Waals surface area contributed by atoms with Crippen LogP contribution in [-0.4, -0.2) is 17.5 Å². The van der Waals surface area contributed by atoms with Crippen LogP contribution in [0, 0.1) is 13.8 Å². The molecule has 0 atom stereocenters. The lowest BCUT2D eigenvalue weighted by Crippen LogP contribution is -2.20. The first-order valence-electron chi connectivity index (χ1n) is 8.95. The molecule has 3 aromatic rings. The zero-order valence-corrected chi connectivity index (χ0v) is 16.3. The summed E-state index contributed by atoms with van der Waals surface area (Å²) >= 11 is 1.50. The van der Waals surface area contributed by atoms with E-state index in [4.69, 9.17) is 4.74 Å². The summed E-state index contributed by atoms with van der Waals surface area (Å²) in [5.41, 5.74) is 4.44. The van der Waals surface area contributed by atoms with Gasteiger partial charge in [-0.25, -0.2) is 4.98 Å². The molecule has 1 N–H and O–H groups in total. The molecule has 5 heteroatoms. The molecule has 1 amide bonds. The van der Waals surface area contributed by atoms with Gasteiger partial charge in [0.15, 0.2) is 11.7 Å². The highest BCUT2D eigenvalue weighted by molar-refractivity contribution is 7.22. The molecule has 1 heterocycles. The number of carbonyl (C=O) groups excluding carboxylic acids is 1. The topological polar surface area (TPSA) is 51.2 Å². The number of thiazole rings is 1. The van der Waals surface area contributed by atoms with Crippen molar-refractivity contribution >= 4 is 32.6 Å². The lowest BCUT2D eigenvalue weighted by atomic mass is 10.1. The Kier molecular flexibility index (Phi) is 5.89. The first-order valence-corrected chi connectivity index (χ1v) is 9.77. The Morgan fingerprint density at radius 2 is 2.08 bits per heavy atom. The molecular weight excluding hydrogens is 344 g/mol. The van der Waals surface area contributed by atoms with Crippen LogP contribution >= 0.6 is 11.3 Å². The normalized spacial score (nSPS) is 10.9. The smallest absolute Gasteiger partial charge is 0.264 e. The monoisotopic (exact) mass is 368 g/mol. The third-order valence-corrected chi connectivity index (χ3v) is 5.37. The molecule has 2 aromatic carbocycles. The number of aromatic nitrogens is 1. The second kappa shape index (κ2) is 8.32. The number of amides is 1. The molecule has 0 spiro atoms. The molecule has 0 radical (unpaired) electrons. The van der Waals surface area contributed by atoms with Crippen molar-refractivity contribution in [1.29, 1.82) is 0 Å². The molecule has 1 aromatic heterocycles. The van der Waals surface area contributed by atoms with Crippen molar-refractivity contribution in [2.24, 2.45) is 0 Å². The summed E-state index contributed by atoms with van der Waals surface area (Å²) in [4.78, 5) is 16.7. The molecule has 0 bridgehead atoms. The number of fused-ring (bicyclic) bond motifs is 1. The Balaban J connectivity index is 1.62. The van der Waals surface area contributed by atoms with Crippen molar-refractivity contribution in [3.63, 3.8) is 0 Å². The van der Waals surface area contributed by atoms with Crippen molar-refractivity contribution in [1.82, 2.24) is 4.98 Å². The third-order valence-electron chi connectivity index (χ3n) is 4.43.